The van der Waals surface area contributed by atoms with Gasteiger partial charge in [0, 0.05) is 41.4 Å². The maximum absolute atomic E-state index is 13.2. The zero-order chi connectivity index (χ0) is 27.4. The molecule has 0 atom stereocenters. The molecule has 0 aliphatic carbocycles. The number of thiophene rings is 1. The number of ether oxygens (including phenoxy) is 1. The van der Waals surface area contributed by atoms with Crippen LogP contribution in [0.15, 0.2) is 84.9 Å². The number of para-hydroxylation sites is 1. The van der Waals surface area contributed by atoms with E-state index in [0.717, 1.165) is 16.2 Å². The number of anilines is 1. The van der Waals surface area contributed by atoms with E-state index in [1.165, 1.54) is 23.5 Å². The Hall–Kier alpha value is -4.14. The smallest absolute Gasteiger partial charge is 0.337 e. The van der Waals surface area contributed by atoms with Crippen LogP contribution in [0, 0.1) is 0 Å². The van der Waals surface area contributed by atoms with Crippen molar-refractivity contribution in [3.05, 3.63) is 106 Å². The first kappa shape index (κ1) is 26.5. The number of carbonyl (C=O) groups excluding carboxylic acids is 2. The molecule has 39 heavy (non-hydrogen) atoms. The van der Waals surface area contributed by atoms with Crippen molar-refractivity contribution in [3.63, 3.8) is 0 Å². The lowest BCUT2D eigenvalue weighted by atomic mass is 10.0. The number of rotatable bonds is 7. The normalized spacial score (nSPS) is 13.6. The zero-order valence-electron chi connectivity index (χ0n) is 20.8. The van der Waals surface area contributed by atoms with Gasteiger partial charge in [-0.25, -0.2) is 4.79 Å². The summed E-state index contributed by atoms with van der Waals surface area (Å²) in [5.74, 6) is -1.11. The standard InChI is InChI=1S/C30H25ClN2O5S/c31-21-9-6-19(7-10-21)26-12-13-27(39-26)28(34)32-25-11-8-20(18-24(25)30(36)37)29(35)33-16-14-23(15-17-33)38-22-4-2-1-3-5-22/h1-13,18,23H,14-17H2,(H,32,34)(H,36,37). The summed E-state index contributed by atoms with van der Waals surface area (Å²) in [5.41, 5.74) is 1.16. The number of halogens is 1. The fourth-order valence-electron chi connectivity index (χ4n) is 4.43. The summed E-state index contributed by atoms with van der Waals surface area (Å²) in [6.45, 7) is 1.01. The summed E-state index contributed by atoms with van der Waals surface area (Å²) in [6.07, 6.45) is 1.37. The van der Waals surface area contributed by atoms with Gasteiger partial charge in [0.25, 0.3) is 11.8 Å². The van der Waals surface area contributed by atoms with Gasteiger partial charge in [-0.2, -0.15) is 0 Å². The van der Waals surface area contributed by atoms with Crippen molar-refractivity contribution in [2.75, 3.05) is 18.4 Å². The first-order chi connectivity index (χ1) is 18.9. The summed E-state index contributed by atoms with van der Waals surface area (Å²) in [7, 11) is 0. The maximum Gasteiger partial charge on any atom is 0.337 e. The lowest BCUT2D eigenvalue weighted by molar-refractivity contribution is 0.0595. The Balaban J connectivity index is 1.24. The summed E-state index contributed by atoms with van der Waals surface area (Å²) in [6, 6.07) is 24.7. The number of carboxylic acids is 1. The number of piperidine rings is 1. The molecule has 3 aromatic carbocycles. The molecule has 1 fully saturated rings. The number of likely N-dealkylation sites (tertiary alicyclic amines) is 1. The lowest BCUT2D eigenvalue weighted by Gasteiger charge is -2.32. The Bertz CT molecular complexity index is 1500. The Labute approximate surface area is 234 Å². The third kappa shape index (κ3) is 6.30. The van der Waals surface area contributed by atoms with Crippen molar-refractivity contribution in [3.8, 4) is 16.2 Å². The molecule has 5 rings (SSSR count). The second-order valence-corrected chi connectivity index (χ2v) is 10.6. The molecule has 7 nitrogen and oxygen atoms in total. The highest BCUT2D eigenvalue weighted by atomic mass is 35.5. The van der Waals surface area contributed by atoms with Crippen molar-refractivity contribution in [2.24, 2.45) is 0 Å². The van der Waals surface area contributed by atoms with Gasteiger partial charge >= 0.3 is 5.97 Å². The van der Waals surface area contributed by atoms with Crippen molar-refractivity contribution >= 4 is 46.4 Å². The average molecular weight is 561 g/mol. The van der Waals surface area contributed by atoms with E-state index >= 15 is 0 Å². The van der Waals surface area contributed by atoms with E-state index in [1.807, 2.05) is 48.5 Å². The molecule has 4 aromatic rings. The minimum absolute atomic E-state index is 0.0149. The zero-order valence-corrected chi connectivity index (χ0v) is 22.4. The van der Waals surface area contributed by atoms with E-state index in [4.69, 9.17) is 16.3 Å². The van der Waals surface area contributed by atoms with Gasteiger partial charge in [0.05, 0.1) is 16.1 Å². The third-order valence-corrected chi connectivity index (χ3v) is 7.86. The number of carboxylic acid groups (broad SMARTS) is 1. The number of amides is 2. The SMILES string of the molecule is O=C(Nc1ccc(C(=O)N2CCC(Oc3ccccc3)CC2)cc1C(=O)O)c1ccc(-c2ccc(Cl)cc2)s1. The van der Waals surface area contributed by atoms with Gasteiger partial charge in [-0.1, -0.05) is 41.9 Å². The number of hydrogen-bond donors (Lipinski definition) is 2. The van der Waals surface area contributed by atoms with Crippen LogP contribution in [0.1, 0.15) is 43.2 Å². The van der Waals surface area contributed by atoms with Gasteiger partial charge in [-0.15, -0.1) is 11.3 Å². The molecule has 0 unspecified atom stereocenters. The molecule has 1 aromatic heterocycles. The second kappa shape index (κ2) is 11.7. The van der Waals surface area contributed by atoms with Crippen LogP contribution in [-0.4, -0.2) is 47.0 Å². The molecule has 9 heteroatoms. The van der Waals surface area contributed by atoms with Crippen LogP contribution in [0.3, 0.4) is 0 Å². The van der Waals surface area contributed by atoms with E-state index in [2.05, 4.69) is 5.32 Å². The summed E-state index contributed by atoms with van der Waals surface area (Å²) in [5, 5.41) is 13.1. The first-order valence-electron chi connectivity index (χ1n) is 12.4. The highest BCUT2D eigenvalue weighted by molar-refractivity contribution is 7.17. The average Bonchev–Trinajstić information content (AvgIpc) is 3.45. The first-order valence-corrected chi connectivity index (χ1v) is 13.6. The molecular weight excluding hydrogens is 536 g/mol. The minimum atomic E-state index is -1.23. The van der Waals surface area contributed by atoms with Crippen LogP contribution in [0.5, 0.6) is 5.75 Å². The van der Waals surface area contributed by atoms with Gasteiger partial charge in [0.15, 0.2) is 0 Å². The number of hydrogen-bond acceptors (Lipinski definition) is 5. The number of nitrogens with zero attached hydrogens (tertiary/aromatic N) is 1. The molecule has 0 saturated carbocycles. The molecule has 2 heterocycles. The largest absolute Gasteiger partial charge is 0.490 e. The number of nitrogens with one attached hydrogen (secondary N) is 1. The van der Waals surface area contributed by atoms with E-state index in [-0.39, 0.29) is 28.8 Å². The van der Waals surface area contributed by atoms with E-state index < -0.39 is 11.9 Å². The van der Waals surface area contributed by atoms with Crippen LogP contribution < -0.4 is 10.1 Å². The van der Waals surface area contributed by atoms with Gasteiger partial charge in [0.1, 0.15) is 11.9 Å². The summed E-state index contributed by atoms with van der Waals surface area (Å²) in [4.78, 5) is 41.1. The predicted molar refractivity (Wildman–Crippen MR) is 152 cm³/mol. The third-order valence-electron chi connectivity index (χ3n) is 6.48. The second-order valence-electron chi connectivity index (χ2n) is 9.11. The molecule has 0 bridgehead atoms. The van der Waals surface area contributed by atoms with E-state index in [1.54, 1.807) is 29.2 Å². The fraction of sp³-hybridized carbons (Fsp3) is 0.167. The highest BCUT2D eigenvalue weighted by Gasteiger charge is 2.26. The fourth-order valence-corrected chi connectivity index (χ4v) is 5.46. The molecule has 0 radical (unpaired) electrons. The number of carbonyl (C=O) groups is 3. The quantitative estimate of drug-likeness (QED) is 0.262. The van der Waals surface area contributed by atoms with Crippen LogP contribution in [0.4, 0.5) is 5.69 Å². The van der Waals surface area contributed by atoms with Crippen LogP contribution in [0.25, 0.3) is 10.4 Å². The lowest BCUT2D eigenvalue weighted by Crippen LogP contribution is -2.41. The molecule has 198 valence electrons. The minimum Gasteiger partial charge on any atom is -0.490 e. The molecule has 2 N–H and O–H groups in total. The van der Waals surface area contributed by atoms with E-state index in [0.29, 0.717) is 35.8 Å². The molecule has 1 saturated heterocycles. The Morgan fingerprint density at radius 2 is 1.64 bits per heavy atom. The molecule has 2 amide bonds. The predicted octanol–water partition coefficient (Wildman–Crippen LogP) is 6.70. The summed E-state index contributed by atoms with van der Waals surface area (Å²) >= 11 is 7.24. The Morgan fingerprint density at radius 3 is 2.33 bits per heavy atom. The molecule has 0 spiro atoms. The topological polar surface area (TPSA) is 95.9 Å². The van der Waals surface area contributed by atoms with Crippen molar-refractivity contribution in [2.45, 2.75) is 18.9 Å². The Kier molecular flexibility index (Phi) is 7.95. The van der Waals surface area contributed by atoms with Crippen LogP contribution >= 0.6 is 22.9 Å². The van der Waals surface area contributed by atoms with Crippen LogP contribution in [-0.2, 0) is 0 Å². The van der Waals surface area contributed by atoms with Gasteiger partial charge < -0.3 is 20.1 Å². The van der Waals surface area contributed by atoms with Gasteiger partial charge in [-0.05, 0) is 60.2 Å². The molecular formula is C30H25ClN2O5S. The monoisotopic (exact) mass is 560 g/mol. The molecule has 1 aliphatic heterocycles. The van der Waals surface area contributed by atoms with Crippen molar-refractivity contribution in [1.82, 2.24) is 4.90 Å². The Morgan fingerprint density at radius 1 is 0.923 bits per heavy atom. The van der Waals surface area contributed by atoms with E-state index in [9.17, 15) is 19.5 Å². The molecule has 1 aliphatic rings. The van der Waals surface area contributed by atoms with Crippen molar-refractivity contribution < 1.29 is 24.2 Å². The van der Waals surface area contributed by atoms with Gasteiger partial charge in [0.2, 0.25) is 0 Å². The number of benzene rings is 3. The van der Waals surface area contributed by atoms with Crippen molar-refractivity contribution in [1.29, 1.82) is 0 Å². The summed E-state index contributed by atoms with van der Waals surface area (Å²) < 4.78 is 6.00. The maximum atomic E-state index is 13.2. The highest BCUT2D eigenvalue weighted by Crippen LogP contribution is 2.30. The van der Waals surface area contributed by atoms with Gasteiger partial charge in [-0.3, -0.25) is 9.59 Å². The number of aromatic carboxylic acids is 1. The van der Waals surface area contributed by atoms with Crippen LogP contribution in [0.2, 0.25) is 5.02 Å².